The van der Waals surface area contributed by atoms with E-state index >= 15 is 0 Å². The van der Waals surface area contributed by atoms with E-state index in [1.165, 1.54) is 11.3 Å². The second-order valence-electron chi connectivity index (χ2n) is 3.74. The lowest BCUT2D eigenvalue weighted by atomic mass is 10.3. The van der Waals surface area contributed by atoms with Crippen LogP contribution in [0.4, 0.5) is 0 Å². The Morgan fingerprint density at radius 3 is 2.63 bits per heavy atom. The highest BCUT2D eigenvalue weighted by atomic mass is 35.5. The summed E-state index contributed by atoms with van der Waals surface area (Å²) in [7, 11) is 0. The summed E-state index contributed by atoms with van der Waals surface area (Å²) in [5.74, 6) is 0.793. The number of tetrazole rings is 1. The smallest absolute Gasteiger partial charge is 0.143 e. The van der Waals surface area contributed by atoms with Gasteiger partial charge in [0, 0.05) is 4.88 Å². The van der Waals surface area contributed by atoms with Crippen LogP contribution in [0.1, 0.15) is 4.88 Å². The first-order valence-electron chi connectivity index (χ1n) is 5.52. The Bertz CT molecular complexity index is 651. The van der Waals surface area contributed by atoms with Crippen molar-refractivity contribution < 1.29 is 4.74 Å². The van der Waals surface area contributed by atoms with E-state index in [0.717, 1.165) is 20.7 Å². The molecule has 96 valence electrons. The number of thiophene rings is 1. The largest absolute Gasteiger partial charge is 0.488 e. The van der Waals surface area contributed by atoms with Crippen molar-refractivity contribution in [2.45, 2.75) is 6.61 Å². The molecule has 0 saturated heterocycles. The molecule has 2 aromatic heterocycles. The van der Waals surface area contributed by atoms with Crippen LogP contribution in [0.15, 0.2) is 42.7 Å². The van der Waals surface area contributed by atoms with Gasteiger partial charge in [0.25, 0.3) is 0 Å². The quantitative estimate of drug-likeness (QED) is 0.742. The lowest BCUT2D eigenvalue weighted by Gasteiger charge is -2.05. The molecule has 3 aromatic rings. The zero-order valence-electron chi connectivity index (χ0n) is 9.73. The van der Waals surface area contributed by atoms with E-state index in [2.05, 4.69) is 15.5 Å². The third-order valence-corrected chi connectivity index (χ3v) is 3.66. The highest BCUT2D eigenvalue weighted by Crippen LogP contribution is 2.23. The summed E-state index contributed by atoms with van der Waals surface area (Å²) in [5, 5.41) is 11.0. The van der Waals surface area contributed by atoms with Crippen LogP contribution in [0, 0.1) is 0 Å². The molecule has 0 bridgehead atoms. The Hall–Kier alpha value is -1.92. The van der Waals surface area contributed by atoms with E-state index in [-0.39, 0.29) is 0 Å². The van der Waals surface area contributed by atoms with Crippen molar-refractivity contribution in [1.29, 1.82) is 0 Å². The fraction of sp³-hybridized carbons (Fsp3) is 0.0833. The lowest BCUT2D eigenvalue weighted by Crippen LogP contribution is -1.96. The van der Waals surface area contributed by atoms with Gasteiger partial charge in [-0.2, -0.15) is 0 Å². The van der Waals surface area contributed by atoms with Gasteiger partial charge in [-0.15, -0.1) is 16.4 Å². The first-order chi connectivity index (χ1) is 9.31. The van der Waals surface area contributed by atoms with Crippen LogP contribution in [-0.2, 0) is 6.61 Å². The maximum absolute atomic E-state index is 5.86. The fourth-order valence-electron chi connectivity index (χ4n) is 1.56. The Kier molecular flexibility index (Phi) is 3.43. The highest BCUT2D eigenvalue weighted by molar-refractivity contribution is 7.16. The van der Waals surface area contributed by atoms with E-state index in [1.54, 1.807) is 11.0 Å². The summed E-state index contributed by atoms with van der Waals surface area (Å²) >= 11 is 7.38. The standard InChI is InChI=1S/C12H9ClN4OS/c13-12-6-5-11(19-12)7-18-10-3-1-9(2-4-10)17-8-14-15-16-17/h1-6,8H,7H2. The van der Waals surface area contributed by atoms with E-state index in [9.17, 15) is 0 Å². The van der Waals surface area contributed by atoms with Crippen LogP contribution in [0.3, 0.4) is 0 Å². The number of aromatic nitrogens is 4. The zero-order valence-corrected chi connectivity index (χ0v) is 11.3. The SMILES string of the molecule is Clc1ccc(COc2ccc(-n3cnnn3)cc2)s1. The number of hydrogen-bond donors (Lipinski definition) is 0. The van der Waals surface area contributed by atoms with Crippen molar-refractivity contribution in [1.82, 2.24) is 20.2 Å². The third kappa shape index (κ3) is 2.91. The van der Waals surface area contributed by atoms with Gasteiger partial charge in [0.2, 0.25) is 0 Å². The Morgan fingerprint density at radius 1 is 1.16 bits per heavy atom. The zero-order chi connectivity index (χ0) is 13.1. The van der Waals surface area contributed by atoms with Crippen LogP contribution in [0.5, 0.6) is 5.75 Å². The first-order valence-corrected chi connectivity index (χ1v) is 6.71. The molecule has 3 rings (SSSR count). The number of nitrogens with zero attached hydrogens (tertiary/aromatic N) is 4. The topological polar surface area (TPSA) is 52.8 Å². The van der Waals surface area contributed by atoms with E-state index < -0.39 is 0 Å². The molecule has 1 aromatic carbocycles. The van der Waals surface area contributed by atoms with Crippen LogP contribution >= 0.6 is 22.9 Å². The second-order valence-corrected chi connectivity index (χ2v) is 5.54. The van der Waals surface area contributed by atoms with Crippen molar-refractivity contribution in [3.63, 3.8) is 0 Å². The molecule has 5 nitrogen and oxygen atoms in total. The van der Waals surface area contributed by atoms with Crippen molar-refractivity contribution in [3.8, 4) is 11.4 Å². The predicted molar refractivity (Wildman–Crippen MR) is 72.8 cm³/mol. The summed E-state index contributed by atoms with van der Waals surface area (Å²) in [6, 6.07) is 11.4. The monoisotopic (exact) mass is 292 g/mol. The van der Waals surface area contributed by atoms with Gasteiger partial charge in [-0.3, -0.25) is 0 Å². The predicted octanol–water partition coefficient (Wildman–Crippen LogP) is 2.96. The molecule has 0 unspecified atom stereocenters. The molecule has 0 atom stereocenters. The summed E-state index contributed by atoms with van der Waals surface area (Å²) in [5.41, 5.74) is 0.886. The second kappa shape index (κ2) is 5.38. The van der Waals surface area contributed by atoms with Gasteiger partial charge in [0.1, 0.15) is 18.7 Å². The van der Waals surface area contributed by atoms with Crippen molar-refractivity contribution in [2.24, 2.45) is 0 Å². The Labute approximate surface area is 118 Å². The van der Waals surface area contributed by atoms with Crippen LogP contribution < -0.4 is 4.74 Å². The molecular formula is C12H9ClN4OS. The summed E-state index contributed by atoms with van der Waals surface area (Å²) in [4.78, 5) is 1.09. The molecular weight excluding hydrogens is 284 g/mol. The van der Waals surface area contributed by atoms with Gasteiger partial charge in [0.05, 0.1) is 10.0 Å². The number of ether oxygens (including phenoxy) is 1. The minimum absolute atomic E-state index is 0.515. The molecule has 7 heteroatoms. The van der Waals surface area contributed by atoms with Gasteiger partial charge >= 0.3 is 0 Å². The maximum Gasteiger partial charge on any atom is 0.143 e. The molecule has 0 aliphatic heterocycles. The Morgan fingerprint density at radius 2 is 2.00 bits per heavy atom. The van der Waals surface area contributed by atoms with Crippen molar-refractivity contribution >= 4 is 22.9 Å². The molecule has 2 heterocycles. The molecule has 19 heavy (non-hydrogen) atoms. The Balaban J connectivity index is 1.66. The van der Waals surface area contributed by atoms with E-state index in [0.29, 0.717) is 6.61 Å². The van der Waals surface area contributed by atoms with Crippen molar-refractivity contribution in [2.75, 3.05) is 0 Å². The fourth-order valence-corrected chi connectivity index (χ4v) is 2.56. The molecule has 0 spiro atoms. The lowest BCUT2D eigenvalue weighted by molar-refractivity contribution is 0.310. The van der Waals surface area contributed by atoms with Gasteiger partial charge in [-0.25, -0.2) is 4.68 Å². The highest BCUT2D eigenvalue weighted by Gasteiger charge is 2.01. The molecule has 0 fully saturated rings. The maximum atomic E-state index is 5.86. The van der Waals surface area contributed by atoms with Crippen LogP contribution in [0.25, 0.3) is 5.69 Å². The molecule has 0 N–H and O–H groups in total. The van der Waals surface area contributed by atoms with Gasteiger partial charge in [0.15, 0.2) is 0 Å². The van der Waals surface area contributed by atoms with E-state index in [4.69, 9.17) is 16.3 Å². The number of benzene rings is 1. The molecule has 0 aliphatic carbocycles. The van der Waals surface area contributed by atoms with Gasteiger partial charge in [-0.1, -0.05) is 11.6 Å². The third-order valence-electron chi connectivity index (χ3n) is 2.46. The molecule has 0 radical (unpaired) electrons. The van der Waals surface area contributed by atoms with Gasteiger partial charge in [-0.05, 0) is 46.8 Å². The number of halogens is 1. The minimum Gasteiger partial charge on any atom is -0.488 e. The minimum atomic E-state index is 0.515. The number of hydrogen-bond acceptors (Lipinski definition) is 5. The average Bonchev–Trinajstić information content (AvgIpc) is 3.08. The molecule has 0 saturated carbocycles. The van der Waals surface area contributed by atoms with E-state index in [1.807, 2.05) is 36.4 Å². The van der Waals surface area contributed by atoms with Crippen LogP contribution in [-0.4, -0.2) is 20.2 Å². The van der Waals surface area contributed by atoms with Crippen molar-refractivity contribution in [3.05, 3.63) is 51.9 Å². The van der Waals surface area contributed by atoms with Gasteiger partial charge < -0.3 is 4.74 Å². The normalized spacial score (nSPS) is 10.6. The average molecular weight is 293 g/mol. The first kappa shape index (κ1) is 12.1. The summed E-state index contributed by atoms with van der Waals surface area (Å²) < 4.78 is 8.03. The number of rotatable bonds is 4. The summed E-state index contributed by atoms with van der Waals surface area (Å²) in [6.07, 6.45) is 1.55. The van der Waals surface area contributed by atoms with Crippen LogP contribution in [0.2, 0.25) is 4.34 Å². The summed E-state index contributed by atoms with van der Waals surface area (Å²) in [6.45, 7) is 0.515. The molecule has 0 amide bonds. The molecule has 0 aliphatic rings.